The van der Waals surface area contributed by atoms with Crippen molar-refractivity contribution in [2.24, 2.45) is 5.92 Å². The molecule has 7 heteroatoms. The highest BCUT2D eigenvalue weighted by Gasteiger charge is 2.31. The third-order valence-electron chi connectivity index (χ3n) is 5.55. The van der Waals surface area contributed by atoms with E-state index in [0.717, 1.165) is 16.3 Å². The van der Waals surface area contributed by atoms with Gasteiger partial charge in [-0.05, 0) is 29.2 Å². The Hall–Kier alpha value is -3.09. The molecule has 1 N–H and O–H groups in total. The van der Waals surface area contributed by atoms with Gasteiger partial charge in [-0.25, -0.2) is 4.79 Å². The van der Waals surface area contributed by atoms with E-state index in [1.807, 2.05) is 56.3 Å². The van der Waals surface area contributed by atoms with Crippen molar-refractivity contribution in [1.82, 2.24) is 15.1 Å². The summed E-state index contributed by atoms with van der Waals surface area (Å²) in [6.45, 7) is 7.67. The molecule has 1 heterocycles. The molecule has 1 saturated heterocycles. The van der Waals surface area contributed by atoms with Crippen molar-refractivity contribution in [1.29, 1.82) is 0 Å². The highest BCUT2D eigenvalue weighted by molar-refractivity contribution is 5.90. The smallest absolute Gasteiger partial charge is 0.409 e. The number of nitrogens with zero attached hydrogens (tertiary/aromatic N) is 2. The molecule has 31 heavy (non-hydrogen) atoms. The van der Waals surface area contributed by atoms with Gasteiger partial charge in [0.25, 0.3) is 0 Å². The molecule has 0 aliphatic carbocycles. The molecule has 1 atom stereocenters. The SMILES string of the molecule is CCOC(=O)N1CCN(C(=O)C(NC(=O)Cc2ccc3ccccc3c2)C(C)C)CC1. The van der Waals surface area contributed by atoms with Crippen LogP contribution >= 0.6 is 0 Å². The minimum Gasteiger partial charge on any atom is -0.450 e. The van der Waals surface area contributed by atoms with Crippen LogP contribution in [0.25, 0.3) is 10.8 Å². The van der Waals surface area contributed by atoms with Crippen LogP contribution in [0.5, 0.6) is 0 Å². The Bertz CT molecular complexity index is 935. The van der Waals surface area contributed by atoms with E-state index in [2.05, 4.69) is 5.32 Å². The van der Waals surface area contributed by atoms with Crippen molar-refractivity contribution in [3.05, 3.63) is 48.0 Å². The van der Waals surface area contributed by atoms with Crippen molar-refractivity contribution in [3.8, 4) is 0 Å². The average Bonchev–Trinajstić information content (AvgIpc) is 2.77. The molecule has 1 unspecified atom stereocenters. The zero-order valence-electron chi connectivity index (χ0n) is 18.5. The van der Waals surface area contributed by atoms with Gasteiger partial charge in [0, 0.05) is 26.2 Å². The molecular formula is C24H31N3O4. The average molecular weight is 426 g/mol. The van der Waals surface area contributed by atoms with Crippen molar-refractivity contribution >= 4 is 28.7 Å². The summed E-state index contributed by atoms with van der Waals surface area (Å²) >= 11 is 0. The monoisotopic (exact) mass is 425 g/mol. The number of ether oxygens (including phenoxy) is 1. The van der Waals surface area contributed by atoms with Gasteiger partial charge in [-0.3, -0.25) is 9.59 Å². The molecule has 0 bridgehead atoms. The maximum absolute atomic E-state index is 13.1. The van der Waals surface area contributed by atoms with Gasteiger partial charge >= 0.3 is 6.09 Å². The summed E-state index contributed by atoms with van der Waals surface area (Å²) < 4.78 is 5.03. The predicted molar refractivity (Wildman–Crippen MR) is 120 cm³/mol. The molecule has 1 aliphatic heterocycles. The van der Waals surface area contributed by atoms with Crippen molar-refractivity contribution in [2.45, 2.75) is 33.2 Å². The summed E-state index contributed by atoms with van der Waals surface area (Å²) in [5.41, 5.74) is 0.911. The third-order valence-corrected chi connectivity index (χ3v) is 5.55. The van der Waals surface area contributed by atoms with Gasteiger partial charge in [0.15, 0.2) is 0 Å². The fourth-order valence-electron chi connectivity index (χ4n) is 3.79. The number of piperazine rings is 1. The Morgan fingerprint density at radius 3 is 2.26 bits per heavy atom. The van der Waals surface area contributed by atoms with Crippen LogP contribution in [0.15, 0.2) is 42.5 Å². The van der Waals surface area contributed by atoms with Crippen LogP contribution in [-0.2, 0) is 20.7 Å². The predicted octanol–water partition coefficient (Wildman–Crippen LogP) is 2.82. The lowest BCUT2D eigenvalue weighted by molar-refractivity contribution is -0.139. The number of rotatable bonds is 6. The van der Waals surface area contributed by atoms with Crippen molar-refractivity contribution in [2.75, 3.05) is 32.8 Å². The van der Waals surface area contributed by atoms with E-state index in [0.29, 0.717) is 32.8 Å². The van der Waals surface area contributed by atoms with Crippen LogP contribution in [-0.4, -0.2) is 66.5 Å². The standard InChI is InChI=1S/C24H31N3O4/c1-4-31-24(30)27-13-11-26(12-14-27)23(29)22(17(2)3)25-21(28)16-18-9-10-19-7-5-6-8-20(19)15-18/h5-10,15,17,22H,4,11-14,16H2,1-3H3,(H,25,28). The lowest BCUT2D eigenvalue weighted by atomic mass is 10.0. The minimum absolute atomic E-state index is 0.0452. The highest BCUT2D eigenvalue weighted by atomic mass is 16.6. The Morgan fingerprint density at radius 1 is 0.968 bits per heavy atom. The number of amides is 3. The maximum Gasteiger partial charge on any atom is 0.409 e. The molecule has 0 radical (unpaired) electrons. The lowest BCUT2D eigenvalue weighted by Gasteiger charge is -2.36. The Kier molecular flexibility index (Phi) is 7.50. The van der Waals surface area contributed by atoms with Crippen LogP contribution < -0.4 is 5.32 Å². The van der Waals surface area contributed by atoms with Crippen LogP contribution in [0.3, 0.4) is 0 Å². The first kappa shape index (κ1) is 22.6. The van der Waals surface area contributed by atoms with E-state index in [9.17, 15) is 14.4 Å². The summed E-state index contributed by atoms with van der Waals surface area (Å²) in [6, 6.07) is 13.4. The Labute approximate surface area is 183 Å². The molecule has 2 aromatic rings. The lowest BCUT2D eigenvalue weighted by Crippen LogP contribution is -2.57. The van der Waals surface area contributed by atoms with Gasteiger partial charge in [0.1, 0.15) is 6.04 Å². The fraction of sp³-hybridized carbons (Fsp3) is 0.458. The van der Waals surface area contributed by atoms with Crippen molar-refractivity contribution < 1.29 is 19.1 Å². The van der Waals surface area contributed by atoms with Gasteiger partial charge < -0.3 is 19.9 Å². The number of hydrogen-bond acceptors (Lipinski definition) is 4. The van der Waals surface area contributed by atoms with Crippen LogP contribution in [0, 0.1) is 5.92 Å². The number of carbonyl (C=O) groups is 3. The van der Waals surface area contributed by atoms with E-state index in [4.69, 9.17) is 4.74 Å². The van der Waals surface area contributed by atoms with Crippen LogP contribution in [0.1, 0.15) is 26.3 Å². The zero-order chi connectivity index (χ0) is 22.4. The molecule has 2 aromatic carbocycles. The van der Waals surface area contributed by atoms with Crippen molar-refractivity contribution in [3.63, 3.8) is 0 Å². The zero-order valence-corrected chi connectivity index (χ0v) is 18.5. The fourth-order valence-corrected chi connectivity index (χ4v) is 3.79. The van der Waals surface area contributed by atoms with Gasteiger partial charge in [0.05, 0.1) is 13.0 Å². The van der Waals surface area contributed by atoms with Gasteiger partial charge in [-0.1, -0.05) is 56.3 Å². The maximum atomic E-state index is 13.1. The first-order valence-corrected chi connectivity index (χ1v) is 10.9. The first-order valence-electron chi connectivity index (χ1n) is 10.9. The summed E-state index contributed by atoms with van der Waals surface area (Å²) in [5, 5.41) is 5.14. The second-order valence-electron chi connectivity index (χ2n) is 8.16. The summed E-state index contributed by atoms with van der Waals surface area (Å²) in [4.78, 5) is 41.0. The van der Waals surface area contributed by atoms with Crippen LogP contribution in [0.2, 0.25) is 0 Å². The van der Waals surface area contributed by atoms with Crippen LogP contribution in [0.4, 0.5) is 4.79 Å². The molecule has 1 aliphatic rings. The molecule has 3 rings (SSSR count). The number of nitrogens with one attached hydrogen (secondary N) is 1. The van der Waals surface area contributed by atoms with Gasteiger partial charge in [-0.2, -0.15) is 0 Å². The summed E-state index contributed by atoms with van der Waals surface area (Å²) in [7, 11) is 0. The molecular weight excluding hydrogens is 394 g/mol. The van der Waals surface area contributed by atoms with E-state index in [1.54, 1.807) is 16.7 Å². The van der Waals surface area contributed by atoms with Gasteiger partial charge in [-0.15, -0.1) is 0 Å². The molecule has 166 valence electrons. The molecule has 0 aromatic heterocycles. The van der Waals surface area contributed by atoms with E-state index >= 15 is 0 Å². The minimum atomic E-state index is -0.595. The van der Waals surface area contributed by atoms with E-state index < -0.39 is 6.04 Å². The third kappa shape index (κ3) is 5.75. The summed E-state index contributed by atoms with van der Waals surface area (Å²) in [6.07, 6.45) is -0.128. The normalized spacial score (nSPS) is 15.1. The topological polar surface area (TPSA) is 79.0 Å². The van der Waals surface area contributed by atoms with Gasteiger partial charge in [0.2, 0.25) is 11.8 Å². The first-order chi connectivity index (χ1) is 14.9. The molecule has 7 nitrogen and oxygen atoms in total. The number of carbonyl (C=O) groups excluding carboxylic acids is 3. The number of benzene rings is 2. The Balaban J connectivity index is 1.59. The molecule has 0 saturated carbocycles. The second kappa shape index (κ2) is 10.3. The quantitative estimate of drug-likeness (QED) is 0.772. The van der Waals surface area contributed by atoms with E-state index in [-0.39, 0.29) is 30.2 Å². The largest absolute Gasteiger partial charge is 0.450 e. The Morgan fingerprint density at radius 2 is 1.61 bits per heavy atom. The second-order valence-corrected chi connectivity index (χ2v) is 8.16. The molecule has 1 fully saturated rings. The summed E-state index contributed by atoms with van der Waals surface area (Å²) in [5.74, 6) is -0.325. The molecule has 0 spiro atoms. The number of hydrogen-bond donors (Lipinski definition) is 1. The molecule has 3 amide bonds. The van der Waals surface area contributed by atoms with E-state index in [1.165, 1.54) is 0 Å². The number of fused-ring (bicyclic) bond motifs is 1. The highest BCUT2D eigenvalue weighted by Crippen LogP contribution is 2.16.